The molecule has 0 aliphatic heterocycles. The van der Waals surface area contributed by atoms with Crippen LogP contribution in [0.5, 0.6) is 5.75 Å². The van der Waals surface area contributed by atoms with Crippen LogP contribution in [0.15, 0.2) is 29.6 Å². The molecule has 2 rings (SSSR count). The molecule has 0 atom stereocenters. The van der Waals surface area contributed by atoms with Crippen molar-refractivity contribution in [2.75, 3.05) is 18.2 Å². The van der Waals surface area contributed by atoms with E-state index in [1.165, 1.54) is 10.4 Å². The number of rotatable bonds is 4. The Morgan fingerprint density at radius 3 is 2.82 bits per heavy atom. The van der Waals surface area contributed by atoms with Crippen LogP contribution in [0.2, 0.25) is 0 Å². The fraction of sp³-hybridized carbons (Fsp3) is 0.231. The van der Waals surface area contributed by atoms with E-state index >= 15 is 0 Å². The standard InChI is InChI=1S/C13H16N2OS/c1-9-5-6-17-13(9)8-15-12-7-10(16-2)3-4-11(12)14/h3-7,15H,8,14H2,1-2H3. The molecule has 3 N–H and O–H groups in total. The largest absolute Gasteiger partial charge is 0.497 e. The van der Waals surface area contributed by atoms with Gasteiger partial charge in [0.15, 0.2) is 0 Å². The zero-order valence-electron chi connectivity index (χ0n) is 9.99. The lowest BCUT2D eigenvalue weighted by Crippen LogP contribution is -2.02. The number of nitrogens with two attached hydrogens (primary N) is 1. The van der Waals surface area contributed by atoms with Gasteiger partial charge >= 0.3 is 0 Å². The van der Waals surface area contributed by atoms with Gasteiger partial charge in [0.2, 0.25) is 0 Å². The zero-order chi connectivity index (χ0) is 12.3. The van der Waals surface area contributed by atoms with E-state index in [-0.39, 0.29) is 0 Å². The van der Waals surface area contributed by atoms with E-state index in [0.29, 0.717) is 0 Å². The lowest BCUT2D eigenvalue weighted by molar-refractivity contribution is 0.415. The summed E-state index contributed by atoms with van der Waals surface area (Å²) in [4.78, 5) is 1.33. The number of nitrogen functional groups attached to an aromatic ring is 1. The van der Waals surface area contributed by atoms with Crippen LogP contribution < -0.4 is 15.8 Å². The maximum absolute atomic E-state index is 5.91. The molecule has 0 radical (unpaired) electrons. The van der Waals surface area contributed by atoms with Gasteiger partial charge < -0.3 is 15.8 Å². The van der Waals surface area contributed by atoms with E-state index in [0.717, 1.165) is 23.7 Å². The Kier molecular flexibility index (Phi) is 3.54. The number of thiophene rings is 1. The number of nitrogens with one attached hydrogen (secondary N) is 1. The molecular formula is C13H16N2OS. The van der Waals surface area contributed by atoms with Gasteiger partial charge in [-0.15, -0.1) is 11.3 Å². The normalized spacial score (nSPS) is 10.2. The van der Waals surface area contributed by atoms with E-state index in [9.17, 15) is 0 Å². The summed E-state index contributed by atoms with van der Waals surface area (Å²) in [7, 11) is 1.65. The van der Waals surface area contributed by atoms with Gasteiger partial charge in [0, 0.05) is 17.5 Å². The molecule has 0 saturated heterocycles. The molecule has 1 aromatic carbocycles. The number of aryl methyl sites for hydroxylation is 1. The van der Waals surface area contributed by atoms with Crippen LogP contribution in [0, 0.1) is 6.92 Å². The summed E-state index contributed by atoms with van der Waals surface area (Å²) >= 11 is 1.75. The summed E-state index contributed by atoms with van der Waals surface area (Å²) in [6, 6.07) is 7.74. The predicted molar refractivity (Wildman–Crippen MR) is 73.8 cm³/mol. The van der Waals surface area contributed by atoms with Gasteiger partial charge in [-0.2, -0.15) is 0 Å². The molecule has 0 aliphatic rings. The van der Waals surface area contributed by atoms with E-state index in [1.807, 2.05) is 18.2 Å². The van der Waals surface area contributed by atoms with E-state index in [4.69, 9.17) is 10.5 Å². The van der Waals surface area contributed by atoms with Gasteiger partial charge in [0.05, 0.1) is 18.5 Å². The maximum atomic E-state index is 5.91. The minimum atomic E-state index is 0.736. The summed E-state index contributed by atoms with van der Waals surface area (Å²) in [5.74, 6) is 0.810. The highest BCUT2D eigenvalue weighted by Gasteiger charge is 2.03. The fourth-order valence-electron chi connectivity index (χ4n) is 1.58. The van der Waals surface area contributed by atoms with Crippen molar-refractivity contribution in [3.05, 3.63) is 40.1 Å². The molecule has 1 aromatic heterocycles. The van der Waals surface area contributed by atoms with Crippen LogP contribution in [-0.4, -0.2) is 7.11 Å². The number of anilines is 2. The maximum Gasteiger partial charge on any atom is 0.121 e. The summed E-state index contributed by atoms with van der Waals surface area (Å²) < 4.78 is 5.18. The number of hydrogen-bond donors (Lipinski definition) is 2. The van der Waals surface area contributed by atoms with Gasteiger partial charge in [-0.1, -0.05) is 0 Å². The molecule has 0 spiro atoms. The van der Waals surface area contributed by atoms with Crippen LogP contribution in [0.1, 0.15) is 10.4 Å². The van der Waals surface area contributed by atoms with Crippen molar-refractivity contribution in [3.63, 3.8) is 0 Å². The first-order chi connectivity index (χ1) is 8.20. The summed E-state index contributed by atoms with van der Waals surface area (Å²) in [6.45, 7) is 2.91. The van der Waals surface area contributed by atoms with Crippen LogP contribution >= 0.6 is 11.3 Å². The average Bonchev–Trinajstić information content (AvgIpc) is 2.74. The molecule has 0 aliphatic carbocycles. The highest BCUT2D eigenvalue weighted by Crippen LogP contribution is 2.26. The van der Waals surface area contributed by atoms with Gasteiger partial charge in [-0.05, 0) is 36.1 Å². The van der Waals surface area contributed by atoms with Crippen LogP contribution in [-0.2, 0) is 6.54 Å². The molecule has 0 bridgehead atoms. The Morgan fingerprint density at radius 1 is 1.35 bits per heavy atom. The quantitative estimate of drug-likeness (QED) is 0.816. The van der Waals surface area contributed by atoms with Crippen molar-refractivity contribution >= 4 is 22.7 Å². The van der Waals surface area contributed by atoms with Crippen LogP contribution in [0.4, 0.5) is 11.4 Å². The third-order valence-electron chi connectivity index (χ3n) is 2.67. The average molecular weight is 248 g/mol. The minimum absolute atomic E-state index is 0.736. The molecule has 0 amide bonds. The van der Waals surface area contributed by atoms with Crippen LogP contribution in [0.25, 0.3) is 0 Å². The second kappa shape index (κ2) is 5.10. The molecule has 0 saturated carbocycles. The van der Waals surface area contributed by atoms with Gasteiger partial charge in [-0.25, -0.2) is 0 Å². The monoisotopic (exact) mass is 248 g/mol. The third kappa shape index (κ3) is 2.71. The number of benzene rings is 1. The van der Waals surface area contributed by atoms with Crippen molar-refractivity contribution in [2.24, 2.45) is 0 Å². The van der Waals surface area contributed by atoms with Crippen molar-refractivity contribution < 1.29 is 4.74 Å². The highest BCUT2D eigenvalue weighted by molar-refractivity contribution is 7.10. The highest BCUT2D eigenvalue weighted by atomic mass is 32.1. The predicted octanol–water partition coefficient (Wildman–Crippen LogP) is 3.26. The van der Waals surface area contributed by atoms with Gasteiger partial charge in [0.1, 0.15) is 5.75 Å². The Hall–Kier alpha value is -1.68. The smallest absolute Gasteiger partial charge is 0.121 e. The van der Waals surface area contributed by atoms with E-state index < -0.39 is 0 Å². The molecule has 2 aromatic rings. The summed E-state index contributed by atoms with van der Waals surface area (Å²) in [5, 5.41) is 5.43. The van der Waals surface area contributed by atoms with Gasteiger partial charge in [0.25, 0.3) is 0 Å². The van der Waals surface area contributed by atoms with Crippen molar-refractivity contribution in [1.29, 1.82) is 0 Å². The van der Waals surface area contributed by atoms with E-state index in [1.54, 1.807) is 18.4 Å². The summed E-state index contributed by atoms with van der Waals surface area (Å²) in [5.41, 5.74) is 8.87. The first kappa shape index (κ1) is 11.8. The Bertz CT molecular complexity index is 508. The lowest BCUT2D eigenvalue weighted by Gasteiger charge is -2.10. The Labute approximate surface area is 105 Å². The first-order valence-electron chi connectivity index (χ1n) is 5.41. The topological polar surface area (TPSA) is 47.3 Å². The molecule has 1 heterocycles. The molecule has 4 heteroatoms. The van der Waals surface area contributed by atoms with Crippen molar-refractivity contribution in [2.45, 2.75) is 13.5 Å². The Balaban J connectivity index is 2.11. The number of ether oxygens (including phenoxy) is 1. The minimum Gasteiger partial charge on any atom is -0.497 e. The van der Waals surface area contributed by atoms with Crippen molar-refractivity contribution in [3.8, 4) is 5.75 Å². The molecule has 3 nitrogen and oxygen atoms in total. The number of hydrogen-bond acceptors (Lipinski definition) is 4. The Morgan fingerprint density at radius 2 is 2.18 bits per heavy atom. The number of methoxy groups -OCH3 is 1. The van der Waals surface area contributed by atoms with Crippen molar-refractivity contribution in [1.82, 2.24) is 0 Å². The molecule has 0 fully saturated rings. The molecule has 0 unspecified atom stereocenters. The third-order valence-corrected chi connectivity index (χ3v) is 3.69. The van der Waals surface area contributed by atoms with E-state index in [2.05, 4.69) is 23.7 Å². The van der Waals surface area contributed by atoms with Gasteiger partial charge in [-0.3, -0.25) is 0 Å². The molecular weight excluding hydrogens is 232 g/mol. The first-order valence-corrected chi connectivity index (χ1v) is 6.29. The second-order valence-corrected chi connectivity index (χ2v) is 4.83. The molecule has 17 heavy (non-hydrogen) atoms. The second-order valence-electron chi connectivity index (χ2n) is 3.83. The fourth-order valence-corrected chi connectivity index (χ4v) is 2.42. The molecule has 90 valence electrons. The zero-order valence-corrected chi connectivity index (χ0v) is 10.8. The van der Waals surface area contributed by atoms with Crippen LogP contribution in [0.3, 0.4) is 0 Å². The lowest BCUT2D eigenvalue weighted by atomic mass is 10.2. The SMILES string of the molecule is COc1ccc(N)c(NCc2sccc2C)c1. The summed E-state index contributed by atoms with van der Waals surface area (Å²) in [6.07, 6.45) is 0.